The molecule has 0 unspecified atom stereocenters. The van der Waals surface area contributed by atoms with Crippen molar-refractivity contribution in [3.63, 3.8) is 0 Å². The van der Waals surface area contributed by atoms with Crippen LogP contribution in [0.2, 0.25) is 10.0 Å². The Hall–Kier alpha value is -1.69. The third-order valence-electron chi connectivity index (χ3n) is 2.55. The zero-order chi connectivity index (χ0) is 13.1. The molecule has 4 heteroatoms. The third-order valence-corrected chi connectivity index (χ3v) is 3.20. The van der Waals surface area contributed by atoms with E-state index in [9.17, 15) is 0 Å². The van der Waals surface area contributed by atoms with Gasteiger partial charge >= 0.3 is 0 Å². The minimum Gasteiger partial charge on any atom is -0.354 e. The number of aryl methyl sites for hydroxylation is 1. The zero-order valence-electron chi connectivity index (χ0n) is 9.67. The molecule has 2 aromatic rings. The van der Waals surface area contributed by atoms with Crippen LogP contribution >= 0.6 is 23.2 Å². The SMILES string of the molecule is Cc1ccc(Nc2ccc(Cl)cc2C#N)cc1Cl. The molecule has 2 nitrogen and oxygen atoms in total. The Bertz CT molecular complexity index is 630. The van der Waals surface area contributed by atoms with Gasteiger partial charge in [0, 0.05) is 15.7 Å². The van der Waals surface area contributed by atoms with Crippen LogP contribution in [-0.2, 0) is 0 Å². The van der Waals surface area contributed by atoms with Crippen LogP contribution in [0.15, 0.2) is 36.4 Å². The summed E-state index contributed by atoms with van der Waals surface area (Å²) in [4.78, 5) is 0. The number of rotatable bonds is 2. The molecule has 90 valence electrons. The maximum Gasteiger partial charge on any atom is 0.101 e. The van der Waals surface area contributed by atoms with E-state index in [-0.39, 0.29) is 0 Å². The number of nitriles is 1. The van der Waals surface area contributed by atoms with Gasteiger partial charge in [-0.05, 0) is 42.8 Å². The van der Waals surface area contributed by atoms with Gasteiger partial charge in [-0.1, -0.05) is 29.3 Å². The maximum atomic E-state index is 9.04. The Balaban J connectivity index is 2.34. The van der Waals surface area contributed by atoms with Gasteiger partial charge < -0.3 is 5.32 Å². The Morgan fingerprint density at radius 2 is 1.89 bits per heavy atom. The second kappa shape index (κ2) is 5.30. The van der Waals surface area contributed by atoms with Gasteiger partial charge in [0.2, 0.25) is 0 Å². The monoisotopic (exact) mass is 276 g/mol. The Morgan fingerprint density at radius 3 is 2.56 bits per heavy atom. The summed E-state index contributed by atoms with van der Waals surface area (Å²) in [5.41, 5.74) is 3.06. The predicted octanol–water partition coefficient (Wildman–Crippen LogP) is 4.92. The molecule has 0 atom stereocenters. The summed E-state index contributed by atoms with van der Waals surface area (Å²) >= 11 is 11.9. The standard InChI is InChI=1S/C14H10Cl2N2/c1-9-2-4-12(7-13(9)16)18-14-5-3-11(15)6-10(14)8-17/h2-7,18H,1H3. The van der Waals surface area contributed by atoms with E-state index in [1.807, 2.05) is 25.1 Å². The van der Waals surface area contributed by atoms with E-state index in [1.165, 1.54) is 0 Å². The third kappa shape index (κ3) is 2.76. The Kier molecular flexibility index (Phi) is 3.76. The molecule has 0 aliphatic rings. The number of nitrogens with zero attached hydrogens (tertiary/aromatic N) is 1. The summed E-state index contributed by atoms with van der Waals surface area (Å²) < 4.78 is 0. The number of hydrogen-bond donors (Lipinski definition) is 1. The van der Waals surface area contributed by atoms with Crippen molar-refractivity contribution < 1.29 is 0 Å². The molecule has 0 radical (unpaired) electrons. The highest BCUT2D eigenvalue weighted by Gasteiger charge is 2.04. The smallest absolute Gasteiger partial charge is 0.101 e. The molecule has 0 spiro atoms. The highest BCUT2D eigenvalue weighted by atomic mass is 35.5. The number of anilines is 2. The fraction of sp³-hybridized carbons (Fsp3) is 0.0714. The second-order valence-electron chi connectivity index (χ2n) is 3.89. The molecule has 0 saturated carbocycles. The summed E-state index contributed by atoms with van der Waals surface area (Å²) in [6.07, 6.45) is 0. The molecule has 0 saturated heterocycles. The summed E-state index contributed by atoms with van der Waals surface area (Å²) in [6.45, 7) is 1.94. The quantitative estimate of drug-likeness (QED) is 0.845. The van der Waals surface area contributed by atoms with Gasteiger partial charge in [-0.2, -0.15) is 5.26 Å². The average molecular weight is 277 g/mol. The lowest BCUT2D eigenvalue weighted by Gasteiger charge is -2.09. The van der Waals surface area contributed by atoms with E-state index >= 15 is 0 Å². The molecule has 2 rings (SSSR count). The Labute approximate surface area is 116 Å². The van der Waals surface area contributed by atoms with E-state index in [2.05, 4.69) is 11.4 Å². The van der Waals surface area contributed by atoms with Crippen molar-refractivity contribution in [2.45, 2.75) is 6.92 Å². The van der Waals surface area contributed by atoms with Gasteiger partial charge in [-0.3, -0.25) is 0 Å². The summed E-state index contributed by atoms with van der Waals surface area (Å²) in [5, 5.41) is 13.4. The first-order valence-corrected chi connectivity index (χ1v) is 6.08. The van der Waals surface area contributed by atoms with Crippen molar-refractivity contribution in [1.82, 2.24) is 0 Å². The van der Waals surface area contributed by atoms with Crippen LogP contribution in [0.4, 0.5) is 11.4 Å². The lowest BCUT2D eigenvalue weighted by atomic mass is 10.1. The number of nitrogens with one attached hydrogen (secondary N) is 1. The molecular formula is C14H10Cl2N2. The van der Waals surface area contributed by atoms with E-state index in [4.69, 9.17) is 28.5 Å². The fourth-order valence-corrected chi connectivity index (χ4v) is 1.90. The summed E-state index contributed by atoms with van der Waals surface area (Å²) in [6, 6.07) is 12.9. The van der Waals surface area contributed by atoms with E-state index < -0.39 is 0 Å². The minimum absolute atomic E-state index is 0.499. The molecule has 0 heterocycles. The molecule has 0 amide bonds. The maximum absolute atomic E-state index is 9.04. The highest BCUT2D eigenvalue weighted by Crippen LogP contribution is 2.26. The lowest BCUT2D eigenvalue weighted by molar-refractivity contribution is 1.43. The predicted molar refractivity (Wildman–Crippen MR) is 75.6 cm³/mol. The molecule has 0 aromatic heterocycles. The molecule has 18 heavy (non-hydrogen) atoms. The normalized spacial score (nSPS) is 9.89. The number of hydrogen-bond acceptors (Lipinski definition) is 2. The largest absolute Gasteiger partial charge is 0.354 e. The first-order chi connectivity index (χ1) is 8.60. The Morgan fingerprint density at radius 1 is 1.11 bits per heavy atom. The molecular weight excluding hydrogens is 267 g/mol. The van der Waals surface area contributed by atoms with Gasteiger partial charge in [0.15, 0.2) is 0 Å². The molecule has 0 aliphatic carbocycles. The molecule has 0 aliphatic heterocycles. The summed E-state index contributed by atoms with van der Waals surface area (Å²) in [7, 11) is 0. The van der Waals surface area contributed by atoms with Crippen LogP contribution in [-0.4, -0.2) is 0 Å². The second-order valence-corrected chi connectivity index (χ2v) is 4.73. The first kappa shape index (κ1) is 12.8. The van der Waals surface area contributed by atoms with Crippen LogP contribution in [0.3, 0.4) is 0 Å². The van der Waals surface area contributed by atoms with Gasteiger partial charge in [0.05, 0.1) is 11.3 Å². The highest BCUT2D eigenvalue weighted by molar-refractivity contribution is 6.31. The van der Waals surface area contributed by atoms with Crippen LogP contribution in [0, 0.1) is 18.3 Å². The van der Waals surface area contributed by atoms with Crippen LogP contribution < -0.4 is 5.32 Å². The molecule has 2 aromatic carbocycles. The van der Waals surface area contributed by atoms with Crippen molar-refractivity contribution >= 4 is 34.6 Å². The van der Waals surface area contributed by atoms with Crippen molar-refractivity contribution in [2.75, 3.05) is 5.32 Å². The van der Waals surface area contributed by atoms with Crippen LogP contribution in [0.5, 0.6) is 0 Å². The summed E-state index contributed by atoms with van der Waals surface area (Å²) in [5.74, 6) is 0. The number of benzene rings is 2. The van der Waals surface area contributed by atoms with Gasteiger partial charge in [0.1, 0.15) is 6.07 Å². The van der Waals surface area contributed by atoms with Crippen LogP contribution in [0.1, 0.15) is 11.1 Å². The number of halogens is 2. The van der Waals surface area contributed by atoms with Gasteiger partial charge in [0.25, 0.3) is 0 Å². The first-order valence-electron chi connectivity index (χ1n) is 5.33. The van der Waals surface area contributed by atoms with Crippen molar-refractivity contribution in [1.29, 1.82) is 5.26 Å². The fourth-order valence-electron chi connectivity index (χ4n) is 1.54. The van der Waals surface area contributed by atoms with E-state index in [1.54, 1.807) is 18.2 Å². The minimum atomic E-state index is 0.499. The molecule has 1 N–H and O–H groups in total. The van der Waals surface area contributed by atoms with E-state index in [0.29, 0.717) is 21.3 Å². The molecule has 0 fully saturated rings. The zero-order valence-corrected chi connectivity index (χ0v) is 11.2. The lowest BCUT2D eigenvalue weighted by Crippen LogP contribution is -1.94. The van der Waals surface area contributed by atoms with Crippen molar-refractivity contribution in [3.05, 3.63) is 57.6 Å². The van der Waals surface area contributed by atoms with Gasteiger partial charge in [-0.15, -0.1) is 0 Å². The van der Waals surface area contributed by atoms with Crippen molar-refractivity contribution in [3.8, 4) is 6.07 Å². The molecule has 0 bridgehead atoms. The van der Waals surface area contributed by atoms with Gasteiger partial charge in [-0.25, -0.2) is 0 Å². The average Bonchev–Trinajstić information content (AvgIpc) is 2.36. The van der Waals surface area contributed by atoms with Crippen molar-refractivity contribution in [2.24, 2.45) is 0 Å². The van der Waals surface area contributed by atoms with Crippen LogP contribution in [0.25, 0.3) is 0 Å². The van der Waals surface area contributed by atoms with E-state index in [0.717, 1.165) is 11.3 Å². The topological polar surface area (TPSA) is 35.8 Å².